The summed E-state index contributed by atoms with van der Waals surface area (Å²) in [5, 5.41) is 0. The number of hydrogen-bond donors (Lipinski definition) is 2. The van der Waals surface area contributed by atoms with Crippen molar-refractivity contribution in [1.29, 1.82) is 0 Å². The minimum absolute atomic E-state index is 0.00495. The fourth-order valence-corrected chi connectivity index (χ4v) is 3.90. The first kappa shape index (κ1) is 18.2. The van der Waals surface area contributed by atoms with E-state index in [1.165, 1.54) is 13.0 Å². The second kappa shape index (κ2) is 6.74. The monoisotopic (exact) mass is 378 g/mol. The topological polar surface area (TPSA) is 98.9 Å². The van der Waals surface area contributed by atoms with Gasteiger partial charge in [-0.2, -0.15) is 0 Å². The van der Waals surface area contributed by atoms with Crippen LogP contribution in [0.15, 0.2) is 29.1 Å². The molecule has 7 nitrogen and oxygen atoms in total. The predicted octanol–water partition coefficient (Wildman–Crippen LogP) is 3.05. The summed E-state index contributed by atoms with van der Waals surface area (Å²) in [5.41, 5.74) is 3.27. The Labute approximate surface area is 161 Å². The van der Waals surface area contributed by atoms with Crippen molar-refractivity contribution in [2.75, 3.05) is 6.54 Å². The molecule has 0 aliphatic carbocycles. The summed E-state index contributed by atoms with van der Waals surface area (Å²) < 4.78 is 0. The molecule has 7 heteroatoms. The number of carbonyl (C=O) groups is 2. The number of nitrogens with one attached hydrogen (secondary N) is 2. The van der Waals surface area contributed by atoms with Crippen LogP contribution in [-0.4, -0.2) is 38.1 Å². The molecule has 2 aromatic heterocycles. The number of aromatic amines is 2. The fraction of sp³-hybridized carbons (Fsp3) is 0.333. The van der Waals surface area contributed by atoms with Crippen LogP contribution in [0.5, 0.6) is 0 Å². The molecule has 1 unspecified atom stereocenters. The van der Waals surface area contributed by atoms with Gasteiger partial charge >= 0.3 is 0 Å². The fourth-order valence-electron chi connectivity index (χ4n) is 3.90. The van der Waals surface area contributed by atoms with Gasteiger partial charge in [-0.1, -0.05) is 6.07 Å². The van der Waals surface area contributed by atoms with E-state index in [1.807, 2.05) is 25.1 Å². The molecular formula is C21H22N4O3. The van der Waals surface area contributed by atoms with Gasteiger partial charge in [0.25, 0.3) is 11.5 Å². The lowest BCUT2D eigenvalue weighted by Gasteiger charge is -2.23. The summed E-state index contributed by atoms with van der Waals surface area (Å²) >= 11 is 0. The van der Waals surface area contributed by atoms with E-state index in [2.05, 4.69) is 15.0 Å². The first-order valence-electron chi connectivity index (χ1n) is 9.37. The number of nitrogens with zero attached hydrogens (tertiary/aromatic N) is 2. The van der Waals surface area contributed by atoms with Crippen molar-refractivity contribution in [2.45, 2.75) is 39.7 Å². The molecule has 1 aliphatic heterocycles. The maximum absolute atomic E-state index is 13.2. The van der Waals surface area contributed by atoms with Crippen LogP contribution >= 0.6 is 0 Å². The minimum atomic E-state index is -0.474. The van der Waals surface area contributed by atoms with E-state index in [0.29, 0.717) is 17.8 Å². The molecule has 0 saturated carbocycles. The van der Waals surface area contributed by atoms with Crippen molar-refractivity contribution in [1.82, 2.24) is 19.9 Å². The third-order valence-electron chi connectivity index (χ3n) is 5.33. The largest absolute Gasteiger partial charge is 0.340 e. The molecule has 4 rings (SSSR count). The second-order valence-electron chi connectivity index (χ2n) is 7.41. The van der Waals surface area contributed by atoms with E-state index >= 15 is 0 Å². The van der Waals surface area contributed by atoms with E-state index in [0.717, 1.165) is 35.3 Å². The van der Waals surface area contributed by atoms with Gasteiger partial charge in [-0.25, -0.2) is 4.98 Å². The number of likely N-dealkylation sites (tertiary alicyclic amines) is 1. The van der Waals surface area contributed by atoms with Crippen molar-refractivity contribution in [3.05, 3.63) is 62.8 Å². The van der Waals surface area contributed by atoms with Gasteiger partial charge in [0.2, 0.25) is 0 Å². The van der Waals surface area contributed by atoms with Crippen LogP contribution in [0, 0.1) is 13.8 Å². The van der Waals surface area contributed by atoms with Crippen molar-refractivity contribution >= 4 is 22.7 Å². The van der Waals surface area contributed by atoms with Gasteiger partial charge in [0, 0.05) is 17.8 Å². The number of imidazole rings is 1. The number of benzene rings is 1. The van der Waals surface area contributed by atoms with Gasteiger partial charge in [0.1, 0.15) is 11.4 Å². The van der Waals surface area contributed by atoms with Crippen LogP contribution in [-0.2, 0) is 0 Å². The Kier molecular flexibility index (Phi) is 4.37. The lowest BCUT2D eigenvalue weighted by atomic mass is 10.1. The third kappa shape index (κ3) is 3.02. The highest BCUT2D eigenvalue weighted by Crippen LogP contribution is 2.32. The summed E-state index contributed by atoms with van der Waals surface area (Å²) in [6.07, 6.45) is 1.60. The molecule has 1 amide bonds. The molecule has 1 atom stereocenters. The maximum atomic E-state index is 13.2. The van der Waals surface area contributed by atoms with E-state index in [9.17, 15) is 14.4 Å². The number of rotatable bonds is 3. The van der Waals surface area contributed by atoms with Crippen LogP contribution in [0.25, 0.3) is 11.0 Å². The van der Waals surface area contributed by atoms with Crippen LogP contribution in [0.4, 0.5) is 0 Å². The highest BCUT2D eigenvalue weighted by atomic mass is 16.2. The standard InChI is InChI=1S/C21H22N4O3/c1-11-6-7-16-17(9-11)24-19(23-16)18-5-4-8-25(18)21(28)15-10-14(13(3)26)12(2)22-20(15)27/h6-7,9-10,18H,4-5,8H2,1-3H3,(H,22,27)(H,23,24). The zero-order valence-electron chi connectivity index (χ0n) is 16.1. The SMILES string of the molecule is CC(=O)c1cc(C(=O)N2CCCC2c2nc3ccc(C)cc3[nH]2)c(=O)[nH]c1C. The number of fused-ring (bicyclic) bond motifs is 1. The van der Waals surface area contributed by atoms with Crippen molar-refractivity contribution in [2.24, 2.45) is 0 Å². The summed E-state index contributed by atoms with van der Waals surface area (Å²) in [6, 6.07) is 7.17. The van der Waals surface area contributed by atoms with Crippen molar-refractivity contribution < 1.29 is 9.59 Å². The molecule has 2 N–H and O–H groups in total. The zero-order valence-corrected chi connectivity index (χ0v) is 16.1. The molecule has 3 heterocycles. The maximum Gasteiger partial charge on any atom is 0.261 e. The number of carbonyl (C=O) groups excluding carboxylic acids is 2. The molecule has 1 aliphatic rings. The molecule has 0 spiro atoms. The molecule has 1 saturated heterocycles. The first-order valence-corrected chi connectivity index (χ1v) is 9.37. The van der Waals surface area contributed by atoms with E-state index in [-0.39, 0.29) is 23.3 Å². The number of aryl methyl sites for hydroxylation is 2. The number of Topliss-reactive ketones (excluding diaryl/α,β-unsaturated/α-hetero) is 1. The minimum Gasteiger partial charge on any atom is -0.340 e. The number of ketones is 1. The van der Waals surface area contributed by atoms with E-state index in [4.69, 9.17) is 0 Å². The summed E-state index contributed by atoms with van der Waals surface area (Å²) in [5.74, 6) is 0.165. The number of H-pyrrole nitrogens is 2. The summed E-state index contributed by atoms with van der Waals surface area (Å²) in [4.78, 5) is 49.7. The Morgan fingerprint density at radius 1 is 1.14 bits per heavy atom. The van der Waals surface area contributed by atoms with Gasteiger partial charge in [0.05, 0.1) is 17.1 Å². The Balaban J connectivity index is 1.71. The molecule has 144 valence electrons. The highest BCUT2D eigenvalue weighted by molar-refractivity contribution is 6.00. The highest BCUT2D eigenvalue weighted by Gasteiger charge is 2.34. The predicted molar refractivity (Wildman–Crippen MR) is 106 cm³/mol. The zero-order chi connectivity index (χ0) is 20.0. The normalized spacial score (nSPS) is 16.7. The van der Waals surface area contributed by atoms with E-state index < -0.39 is 5.56 Å². The molecule has 0 radical (unpaired) electrons. The summed E-state index contributed by atoms with van der Waals surface area (Å²) in [7, 11) is 0. The van der Waals surface area contributed by atoms with Crippen molar-refractivity contribution in [3.8, 4) is 0 Å². The van der Waals surface area contributed by atoms with Crippen LogP contribution < -0.4 is 5.56 Å². The van der Waals surface area contributed by atoms with Gasteiger partial charge in [-0.05, 0) is 57.4 Å². The van der Waals surface area contributed by atoms with E-state index in [1.54, 1.807) is 11.8 Å². The number of amides is 1. The molecule has 28 heavy (non-hydrogen) atoms. The molecule has 3 aromatic rings. The smallest absolute Gasteiger partial charge is 0.261 e. The Morgan fingerprint density at radius 2 is 1.93 bits per heavy atom. The molecular weight excluding hydrogens is 356 g/mol. The average molecular weight is 378 g/mol. The number of hydrogen-bond acceptors (Lipinski definition) is 4. The molecule has 1 fully saturated rings. The van der Waals surface area contributed by atoms with Crippen LogP contribution in [0.2, 0.25) is 0 Å². The average Bonchev–Trinajstić information content (AvgIpc) is 3.26. The molecule has 0 bridgehead atoms. The van der Waals surface area contributed by atoms with Gasteiger partial charge in [-0.3, -0.25) is 14.4 Å². The lowest BCUT2D eigenvalue weighted by Crippen LogP contribution is -2.35. The number of pyridine rings is 1. The third-order valence-corrected chi connectivity index (χ3v) is 5.33. The number of aromatic nitrogens is 3. The lowest BCUT2D eigenvalue weighted by molar-refractivity contribution is 0.0728. The molecule has 1 aromatic carbocycles. The second-order valence-corrected chi connectivity index (χ2v) is 7.41. The first-order chi connectivity index (χ1) is 13.3. The van der Waals surface area contributed by atoms with Crippen molar-refractivity contribution in [3.63, 3.8) is 0 Å². The Hall–Kier alpha value is -3.22. The van der Waals surface area contributed by atoms with Crippen LogP contribution in [0.1, 0.15) is 63.6 Å². The van der Waals surface area contributed by atoms with Gasteiger partial charge in [-0.15, -0.1) is 0 Å². The van der Waals surface area contributed by atoms with Gasteiger partial charge in [0.15, 0.2) is 5.78 Å². The Bertz CT molecular complexity index is 1160. The Morgan fingerprint density at radius 3 is 2.68 bits per heavy atom. The van der Waals surface area contributed by atoms with Gasteiger partial charge < -0.3 is 14.9 Å². The summed E-state index contributed by atoms with van der Waals surface area (Å²) in [6.45, 7) is 5.63. The van der Waals surface area contributed by atoms with Crippen LogP contribution in [0.3, 0.4) is 0 Å². The quantitative estimate of drug-likeness (QED) is 0.684.